The van der Waals surface area contributed by atoms with Crippen molar-refractivity contribution in [3.8, 4) is 33.9 Å². The van der Waals surface area contributed by atoms with Crippen LogP contribution in [0.15, 0.2) is 168 Å². The lowest BCUT2D eigenvalue weighted by molar-refractivity contribution is 0.477. The monoisotopic (exact) mass is 704 g/mol. The number of para-hydroxylation sites is 4. The lowest BCUT2D eigenvalue weighted by Gasteiger charge is -2.46. The third-order valence-electron chi connectivity index (χ3n) is 11.9. The Morgan fingerprint density at radius 3 is 2.13 bits per heavy atom. The average molecular weight is 705 g/mol. The van der Waals surface area contributed by atoms with Crippen LogP contribution in [0.1, 0.15) is 11.1 Å². The van der Waals surface area contributed by atoms with Crippen LogP contribution in [0.25, 0.3) is 44.2 Å². The zero-order valence-electron chi connectivity index (χ0n) is 30.4. The largest absolute Gasteiger partial charge is 0.456 e. The van der Waals surface area contributed by atoms with Gasteiger partial charge < -0.3 is 19.0 Å². The number of nitrogens with zero attached hydrogens (tertiary/aromatic N) is 2. The van der Waals surface area contributed by atoms with Crippen LogP contribution in [0.5, 0.6) is 11.5 Å². The molecule has 258 valence electrons. The molecule has 0 atom stereocenters. The predicted octanol–water partition coefficient (Wildman–Crippen LogP) is 11.7. The molecule has 0 saturated carbocycles. The van der Waals surface area contributed by atoms with Crippen molar-refractivity contribution in [2.45, 2.75) is 13.8 Å². The molecule has 0 unspecified atom stereocenters. The molecular formula is C50H33BN2O2. The molecule has 55 heavy (non-hydrogen) atoms. The first-order valence-electron chi connectivity index (χ1n) is 18.9. The molecule has 0 amide bonds. The minimum Gasteiger partial charge on any atom is -0.456 e. The summed E-state index contributed by atoms with van der Waals surface area (Å²) in [7, 11) is 0. The molecule has 0 fully saturated rings. The topological polar surface area (TPSA) is 28.9 Å². The quantitative estimate of drug-likeness (QED) is 0.171. The Bertz CT molecular complexity index is 3040. The third kappa shape index (κ3) is 4.41. The number of anilines is 6. The van der Waals surface area contributed by atoms with Crippen molar-refractivity contribution in [1.82, 2.24) is 0 Å². The van der Waals surface area contributed by atoms with E-state index in [0.29, 0.717) is 0 Å². The van der Waals surface area contributed by atoms with Gasteiger partial charge in [0.15, 0.2) is 11.5 Å². The summed E-state index contributed by atoms with van der Waals surface area (Å²) >= 11 is 0. The van der Waals surface area contributed by atoms with Crippen molar-refractivity contribution >= 4 is 79.0 Å². The van der Waals surface area contributed by atoms with Gasteiger partial charge in [-0.2, -0.15) is 0 Å². The molecule has 9 aromatic rings. The molecule has 0 radical (unpaired) electrons. The van der Waals surface area contributed by atoms with Crippen molar-refractivity contribution in [2.24, 2.45) is 0 Å². The van der Waals surface area contributed by atoms with Crippen molar-refractivity contribution < 1.29 is 9.15 Å². The van der Waals surface area contributed by atoms with Crippen LogP contribution < -0.4 is 30.9 Å². The lowest BCUT2D eigenvalue weighted by atomic mass is 9.33. The molecule has 12 rings (SSSR count). The fourth-order valence-corrected chi connectivity index (χ4v) is 9.15. The van der Waals surface area contributed by atoms with Gasteiger partial charge in [0.05, 0.1) is 11.4 Å². The molecule has 0 N–H and O–H groups in total. The van der Waals surface area contributed by atoms with Crippen molar-refractivity contribution in [3.05, 3.63) is 175 Å². The van der Waals surface area contributed by atoms with Gasteiger partial charge in [-0.25, -0.2) is 0 Å². The second kappa shape index (κ2) is 11.3. The van der Waals surface area contributed by atoms with Gasteiger partial charge in [0.1, 0.15) is 11.3 Å². The Balaban J connectivity index is 1.18. The predicted molar refractivity (Wildman–Crippen MR) is 228 cm³/mol. The molecule has 3 aliphatic heterocycles. The highest BCUT2D eigenvalue weighted by atomic mass is 16.5. The molecule has 0 bridgehead atoms. The van der Waals surface area contributed by atoms with E-state index in [1.807, 2.05) is 12.1 Å². The number of furan rings is 1. The lowest BCUT2D eigenvalue weighted by Crippen LogP contribution is -2.61. The fraction of sp³-hybridized carbons (Fsp3) is 0.0400. The first-order valence-corrected chi connectivity index (χ1v) is 18.9. The highest BCUT2D eigenvalue weighted by Crippen LogP contribution is 2.53. The van der Waals surface area contributed by atoms with Gasteiger partial charge in [0.2, 0.25) is 0 Å². The van der Waals surface area contributed by atoms with Crippen molar-refractivity contribution in [2.75, 3.05) is 9.80 Å². The zero-order valence-corrected chi connectivity index (χ0v) is 30.4. The summed E-state index contributed by atoms with van der Waals surface area (Å²) in [5.41, 5.74) is 17.5. The van der Waals surface area contributed by atoms with E-state index >= 15 is 0 Å². The van der Waals surface area contributed by atoms with Gasteiger partial charge in [-0.05, 0) is 130 Å². The van der Waals surface area contributed by atoms with Crippen molar-refractivity contribution in [3.63, 3.8) is 0 Å². The number of benzene rings is 8. The standard InChI is InChI=1S/C50H33BN2O2/c1-30-19-22-38(23-31(30)2)52-42-26-33-20-21-35(48-29-34-13-6-8-16-45(34)54-48)24-36(33)25-40(42)51-39-14-10-18-47-50(39)53(41-15-7-9-17-46(41)55-47)44-28-37(27-43(52)49(44)51)32-11-4-3-5-12-32/h3-29H,1-2H3. The molecule has 8 aromatic carbocycles. The van der Waals surface area contributed by atoms with Crippen molar-refractivity contribution in [1.29, 1.82) is 0 Å². The first-order chi connectivity index (χ1) is 27.1. The SMILES string of the molecule is Cc1ccc(N2c3cc4ccc(-c5cc6ccccc6o5)cc4cc3B3c4cccc5c4N(c4ccccc4O5)c4cc(-c5ccccc5)cc2c43)cc1C. The van der Waals surface area contributed by atoms with Gasteiger partial charge in [-0.1, -0.05) is 97.1 Å². The first kappa shape index (κ1) is 30.5. The maximum atomic E-state index is 6.70. The van der Waals surface area contributed by atoms with Crippen LogP contribution >= 0.6 is 0 Å². The van der Waals surface area contributed by atoms with E-state index in [9.17, 15) is 0 Å². The second-order valence-corrected chi connectivity index (χ2v) is 15.1. The van der Waals surface area contributed by atoms with Crippen LogP contribution in [0.4, 0.5) is 34.1 Å². The van der Waals surface area contributed by atoms with Gasteiger partial charge in [0.25, 0.3) is 6.71 Å². The van der Waals surface area contributed by atoms with E-state index in [-0.39, 0.29) is 6.71 Å². The van der Waals surface area contributed by atoms with E-state index in [2.05, 4.69) is 175 Å². The minimum atomic E-state index is -0.0352. The van der Waals surface area contributed by atoms with Gasteiger partial charge in [0, 0.05) is 33.7 Å². The summed E-state index contributed by atoms with van der Waals surface area (Å²) in [6.07, 6.45) is 0. The minimum absolute atomic E-state index is 0.0352. The third-order valence-corrected chi connectivity index (χ3v) is 11.9. The fourth-order valence-electron chi connectivity index (χ4n) is 9.15. The molecule has 4 heterocycles. The van der Waals surface area contributed by atoms with Crippen LogP contribution in [-0.4, -0.2) is 6.71 Å². The van der Waals surface area contributed by atoms with Crippen LogP contribution in [0.3, 0.4) is 0 Å². The Kier molecular flexibility index (Phi) is 6.24. The highest BCUT2D eigenvalue weighted by molar-refractivity contribution is 7.00. The van der Waals surface area contributed by atoms with E-state index in [1.54, 1.807) is 0 Å². The molecule has 0 aliphatic carbocycles. The summed E-state index contributed by atoms with van der Waals surface area (Å²) in [5, 5.41) is 3.46. The molecule has 1 aromatic heterocycles. The smallest absolute Gasteiger partial charge is 0.252 e. The summed E-state index contributed by atoms with van der Waals surface area (Å²) in [6.45, 7) is 4.37. The van der Waals surface area contributed by atoms with E-state index in [1.165, 1.54) is 66.5 Å². The van der Waals surface area contributed by atoms with E-state index in [4.69, 9.17) is 9.15 Å². The summed E-state index contributed by atoms with van der Waals surface area (Å²) in [6, 6.07) is 59.4. The molecular weight excluding hydrogens is 671 g/mol. The van der Waals surface area contributed by atoms with Gasteiger partial charge >= 0.3 is 0 Å². The molecule has 5 heteroatoms. The second-order valence-electron chi connectivity index (χ2n) is 15.1. The van der Waals surface area contributed by atoms with E-state index in [0.717, 1.165) is 50.9 Å². The number of hydrogen-bond donors (Lipinski definition) is 0. The zero-order chi connectivity index (χ0) is 36.4. The number of aryl methyl sites for hydroxylation is 2. The maximum absolute atomic E-state index is 6.70. The van der Waals surface area contributed by atoms with Crippen LogP contribution in [0, 0.1) is 13.8 Å². The summed E-state index contributed by atoms with van der Waals surface area (Å²) < 4.78 is 13.1. The number of hydrogen-bond acceptors (Lipinski definition) is 4. The average Bonchev–Trinajstić information content (AvgIpc) is 3.67. The Labute approximate surface area is 319 Å². The van der Waals surface area contributed by atoms with Crippen LogP contribution in [-0.2, 0) is 0 Å². The molecule has 0 spiro atoms. The summed E-state index contributed by atoms with van der Waals surface area (Å²) in [4.78, 5) is 4.97. The summed E-state index contributed by atoms with van der Waals surface area (Å²) in [5.74, 6) is 2.61. The van der Waals surface area contributed by atoms with Gasteiger partial charge in [-0.3, -0.25) is 0 Å². The normalized spacial score (nSPS) is 13.3. The molecule has 3 aliphatic rings. The number of fused-ring (bicyclic) bond motifs is 8. The molecule has 4 nitrogen and oxygen atoms in total. The van der Waals surface area contributed by atoms with E-state index < -0.39 is 0 Å². The van der Waals surface area contributed by atoms with Gasteiger partial charge in [-0.15, -0.1) is 0 Å². The number of rotatable bonds is 3. The highest BCUT2D eigenvalue weighted by Gasteiger charge is 2.46. The Morgan fingerprint density at radius 2 is 1.25 bits per heavy atom. The maximum Gasteiger partial charge on any atom is 0.252 e. The Morgan fingerprint density at radius 1 is 0.455 bits per heavy atom. The van der Waals surface area contributed by atoms with Crippen LogP contribution in [0.2, 0.25) is 0 Å². The number of ether oxygens (including phenoxy) is 1. The Hall–Kier alpha value is -6.98. The molecule has 0 saturated heterocycles.